The Morgan fingerprint density at radius 2 is 2.03 bits per heavy atom. The van der Waals surface area contributed by atoms with Gasteiger partial charge in [0.2, 0.25) is 12.8 Å². The lowest BCUT2D eigenvalue weighted by molar-refractivity contribution is -0.137. The zero-order valence-corrected chi connectivity index (χ0v) is 19.0. The maximum Gasteiger partial charge on any atom is 0.262 e. The van der Waals surface area contributed by atoms with Crippen LogP contribution < -0.4 is 10.1 Å². The number of piperidine rings is 1. The molecule has 33 heavy (non-hydrogen) atoms. The Kier molecular flexibility index (Phi) is 7.67. The van der Waals surface area contributed by atoms with Crippen molar-refractivity contribution in [1.82, 2.24) is 15.2 Å². The number of carbonyl (C=O) groups is 2. The number of hydrogen-bond donors (Lipinski definition) is 1. The Balaban J connectivity index is 1.58. The topological polar surface area (TPSA) is 71.5 Å². The minimum Gasteiger partial charge on any atom is -0.463 e. The van der Waals surface area contributed by atoms with Crippen LogP contribution in [0.4, 0.5) is 4.39 Å². The van der Waals surface area contributed by atoms with Gasteiger partial charge in [-0.2, -0.15) is 0 Å². The highest BCUT2D eigenvalue weighted by atomic mass is 32.1. The molecule has 1 saturated heterocycles. The van der Waals surface area contributed by atoms with Gasteiger partial charge in [-0.05, 0) is 60.0 Å². The summed E-state index contributed by atoms with van der Waals surface area (Å²) >= 11 is 1.33. The third-order valence-corrected chi connectivity index (χ3v) is 6.66. The number of rotatable bonds is 8. The summed E-state index contributed by atoms with van der Waals surface area (Å²) in [5.41, 5.74) is 1.85. The molecule has 0 aliphatic carbocycles. The first-order valence-corrected chi connectivity index (χ1v) is 11.9. The van der Waals surface area contributed by atoms with E-state index in [1.165, 1.54) is 11.3 Å². The first-order valence-electron chi connectivity index (χ1n) is 11.0. The van der Waals surface area contributed by atoms with Crippen molar-refractivity contribution in [3.8, 4) is 5.75 Å². The molecule has 2 atom stereocenters. The van der Waals surface area contributed by atoms with E-state index in [9.17, 15) is 14.0 Å². The van der Waals surface area contributed by atoms with Gasteiger partial charge >= 0.3 is 0 Å². The molecule has 1 N–H and O–H groups in total. The van der Waals surface area contributed by atoms with Crippen LogP contribution >= 0.6 is 11.3 Å². The SMILES string of the molecule is O=C(NC(Cc1ccc(OCF)cc1)C(=O)N1CCCCC1c1cccnc1)c1cccs1. The number of alkyl halides is 1. The zero-order valence-electron chi connectivity index (χ0n) is 18.2. The molecule has 2 aromatic heterocycles. The van der Waals surface area contributed by atoms with Crippen molar-refractivity contribution < 1.29 is 18.7 Å². The van der Waals surface area contributed by atoms with Gasteiger partial charge in [0.25, 0.3) is 5.91 Å². The fraction of sp³-hybridized carbons (Fsp3) is 0.320. The minimum absolute atomic E-state index is 0.0681. The summed E-state index contributed by atoms with van der Waals surface area (Å²) in [7, 11) is 0. The van der Waals surface area contributed by atoms with Crippen molar-refractivity contribution in [2.75, 3.05) is 13.4 Å². The molecule has 0 radical (unpaired) electrons. The van der Waals surface area contributed by atoms with E-state index in [-0.39, 0.29) is 17.9 Å². The van der Waals surface area contributed by atoms with Crippen LogP contribution in [0.3, 0.4) is 0 Å². The average Bonchev–Trinajstić information content (AvgIpc) is 3.40. The van der Waals surface area contributed by atoms with Crippen LogP contribution in [0.5, 0.6) is 5.75 Å². The normalized spacial score (nSPS) is 16.8. The summed E-state index contributed by atoms with van der Waals surface area (Å²) in [6.07, 6.45) is 6.66. The quantitative estimate of drug-likeness (QED) is 0.528. The van der Waals surface area contributed by atoms with Gasteiger partial charge in [0.15, 0.2) is 0 Å². The molecular weight excluding hydrogens is 441 g/mol. The Labute approximate surface area is 196 Å². The Bertz CT molecular complexity index is 1040. The summed E-state index contributed by atoms with van der Waals surface area (Å²) in [6.45, 7) is -0.269. The Morgan fingerprint density at radius 3 is 2.73 bits per heavy atom. The van der Waals surface area contributed by atoms with E-state index >= 15 is 0 Å². The predicted octanol–water partition coefficient (Wildman–Crippen LogP) is 4.54. The number of carbonyl (C=O) groups excluding carboxylic acids is 2. The van der Waals surface area contributed by atoms with Gasteiger partial charge in [-0.1, -0.05) is 24.3 Å². The van der Waals surface area contributed by atoms with Crippen LogP contribution in [0, 0.1) is 0 Å². The van der Waals surface area contributed by atoms with Crippen LogP contribution in [0.25, 0.3) is 0 Å². The van der Waals surface area contributed by atoms with Crippen LogP contribution in [0.1, 0.15) is 46.1 Å². The maximum atomic E-state index is 13.8. The number of pyridine rings is 1. The number of nitrogens with zero attached hydrogens (tertiary/aromatic N) is 2. The molecule has 3 heterocycles. The van der Waals surface area contributed by atoms with Crippen molar-refractivity contribution in [3.05, 3.63) is 82.3 Å². The zero-order chi connectivity index (χ0) is 23.0. The van der Waals surface area contributed by atoms with Crippen molar-refractivity contribution in [1.29, 1.82) is 0 Å². The molecule has 1 aliphatic heterocycles. The largest absolute Gasteiger partial charge is 0.463 e. The van der Waals surface area contributed by atoms with Crippen molar-refractivity contribution in [2.45, 2.75) is 37.8 Å². The average molecular weight is 468 g/mol. The van der Waals surface area contributed by atoms with E-state index in [0.717, 1.165) is 30.4 Å². The smallest absolute Gasteiger partial charge is 0.262 e. The van der Waals surface area contributed by atoms with Crippen LogP contribution in [-0.4, -0.2) is 41.1 Å². The fourth-order valence-corrected chi connectivity index (χ4v) is 4.80. The van der Waals surface area contributed by atoms with Gasteiger partial charge < -0.3 is 15.0 Å². The van der Waals surface area contributed by atoms with Gasteiger partial charge in [0.1, 0.15) is 11.8 Å². The number of amides is 2. The second-order valence-corrected chi connectivity index (χ2v) is 8.88. The summed E-state index contributed by atoms with van der Waals surface area (Å²) in [4.78, 5) is 33.3. The van der Waals surface area contributed by atoms with Crippen LogP contribution in [0.2, 0.25) is 0 Å². The molecule has 4 rings (SSSR count). The van der Waals surface area contributed by atoms with E-state index in [0.29, 0.717) is 23.6 Å². The lowest BCUT2D eigenvalue weighted by Crippen LogP contribution is -2.51. The molecule has 6 nitrogen and oxygen atoms in total. The first kappa shape index (κ1) is 22.9. The number of aromatic nitrogens is 1. The number of likely N-dealkylation sites (tertiary alicyclic amines) is 1. The third-order valence-electron chi connectivity index (χ3n) is 5.79. The minimum atomic E-state index is -0.901. The molecular formula is C25H26FN3O3S. The van der Waals surface area contributed by atoms with E-state index < -0.39 is 12.9 Å². The molecule has 1 aromatic carbocycles. The molecule has 1 aliphatic rings. The lowest BCUT2D eigenvalue weighted by atomic mass is 9.94. The molecule has 3 aromatic rings. The van der Waals surface area contributed by atoms with Crippen LogP contribution in [-0.2, 0) is 11.2 Å². The van der Waals surface area contributed by atoms with Crippen molar-refractivity contribution in [3.63, 3.8) is 0 Å². The molecule has 8 heteroatoms. The molecule has 2 amide bonds. The highest BCUT2D eigenvalue weighted by Crippen LogP contribution is 2.31. The number of benzene rings is 1. The van der Waals surface area contributed by atoms with Crippen molar-refractivity contribution in [2.24, 2.45) is 0 Å². The summed E-state index contributed by atoms with van der Waals surface area (Å²) < 4.78 is 17.3. The second kappa shape index (κ2) is 11.0. The first-order chi connectivity index (χ1) is 16.2. The molecule has 1 fully saturated rings. The number of nitrogens with one attached hydrogen (secondary N) is 1. The van der Waals surface area contributed by atoms with Gasteiger partial charge in [-0.3, -0.25) is 14.6 Å². The number of thiophene rings is 1. The Hall–Kier alpha value is -3.26. The summed E-state index contributed by atoms with van der Waals surface area (Å²) in [5.74, 6) is 0.0348. The number of hydrogen-bond acceptors (Lipinski definition) is 5. The lowest BCUT2D eigenvalue weighted by Gasteiger charge is -2.38. The summed E-state index contributed by atoms with van der Waals surface area (Å²) in [5, 5.41) is 4.78. The molecule has 0 bridgehead atoms. The highest BCUT2D eigenvalue weighted by Gasteiger charge is 2.33. The van der Waals surface area contributed by atoms with Gasteiger partial charge in [0, 0.05) is 25.4 Å². The standard InChI is InChI=1S/C25H26FN3O3S/c26-17-32-20-10-8-18(9-11-20)15-21(28-24(30)23-7-4-14-33-23)25(31)29-13-2-1-6-22(29)19-5-3-12-27-16-19/h3-5,7-12,14,16,21-22H,1-2,6,13,15,17H2,(H,28,30). The highest BCUT2D eigenvalue weighted by molar-refractivity contribution is 7.12. The molecule has 0 spiro atoms. The van der Waals surface area contributed by atoms with Gasteiger partial charge in [0.05, 0.1) is 10.9 Å². The maximum absolute atomic E-state index is 13.8. The molecule has 0 saturated carbocycles. The van der Waals surface area contributed by atoms with Crippen molar-refractivity contribution >= 4 is 23.2 Å². The van der Waals surface area contributed by atoms with E-state index in [4.69, 9.17) is 4.74 Å². The summed E-state index contributed by atoms with van der Waals surface area (Å²) in [6, 6.07) is 13.5. The molecule has 2 unspecified atom stereocenters. The fourth-order valence-electron chi connectivity index (χ4n) is 4.17. The number of halogens is 1. The third kappa shape index (κ3) is 5.76. The second-order valence-electron chi connectivity index (χ2n) is 7.93. The van der Waals surface area contributed by atoms with E-state index in [1.54, 1.807) is 42.7 Å². The van der Waals surface area contributed by atoms with E-state index in [1.807, 2.05) is 28.5 Å². The van der Waals surface area contributed by atoms with E-state index in [2.05, 4.69) is 10.3 Å². The predicted molar refractivity (Wildman–Crippen MR) is 125 cm³/mol. The van der Waals surface area contributed by atoms with Gasteiger partial charge in [-0.25, -0.2) is 4.39 Å². The van der Waals surface area contributed by atoms with Gasteiger partial charge in [-0.15, -0.1) is 11.3 Å². The number of ether oxygens (including phenoxy) is 1. The molecule has 172 valence electrons. The van der Waals surface area contributed by atoms with Crippen LogP contribution in [0.15, 0.2) is 66.3 Å². The Morgan fingerprint density at radius 1 is 1.18 bits per heavy atom. The monoisotopic (exact) mass is 467 g/mol.